The van der Waals surface area contributed by atoms with Crippen molar-refractivity contribution in [1.82, 2.24) is 9.71 Å². The van der Waals surface area contributed by atoms with Crippen LogP contribution in [0.3, 0.4) is 0 Å². The number of para-hydroxylation sites is 1. The Kier molecular flexibility index (Phi) is 6.69. The minimum absolute atomic E-state index is 0.0154. The smallest absolute Gasteiger partial charge is 0.180 e. The Balaban J connectivity index is 1.56. The highest BCUT2D eigenvalue weighted by atomic mass is 32.2. The molecule has 1 aliphatic carbocycles. The van der Waals surface area contributed by atoms with Gasteiger partial charge < -0.3 is 9.15 Å². The summed E-state index contributed by atoms with van der Waals surface area (Å²) in [4.78, 5) is 3.98. The highest BCUT2D eigenvalue weighted by molar-refractivity contribution is 7.96. The van der Waals surface area contributed by atoms with Gasteiger partial charge in [0.1, 0.15) is 24.4 Å². The highest BCUT2D eigenvalue weighted by Crippen LogP contribution is 2.36. The molecule has 1 heterocycles. The van der Waals surface area contributed by atoms with Crippen molar-refractivity contribution in [3.63, 3.8) is 0 Å². The average molecular weight is 431 g/mol. The van der Waals surface area contributed by atoms with E-state index in [-0.39, 0.29) is 12.4 Å². The highest BCUT2D eigenvalue weighted by Gasteiger charge is 2.25. The first kappa shape index (κ1) is 20.9. The fourth-order valence-corrected chi connectivity index (χ4v) is 4.64. The van der Waals surface area contributed by atoms with Crippen LogP contribution in [0.15, 0.2) is 53.5 Å². The van der Waals surface area contributed by atoms with Crippen molar-refractivity contribution in [2.75, 3.05) is 6.26 Å². The molecule has 2 aromatic carbocycles. The second-order valence-electron chi connectivity index (χ2n) is 7.60. The number of rotatable bonds is 8. The fourth-order valence-electron chi connectivity index (χ4n) is 4.10. The number of aromatic nitrogens is 1. The normalized spacial score (nSPS) is 18.6. The van der Waals surface area contributed by atoms with Gasteiger partial charge in [0.15, 0.2) is 18.0 Å². The largest absolute Gasteiger partial charge is 0.483 e. The molecule has 3 aromatic rings. The van der Waals surface area contributed by atoms with Crippen LogP contribution in [0.5, 0.6) is 5.75 Å². The number of halogens is 2. The maximum Gasteiger partial charge on any atom is 0.180 e. The zero-order chi connectivity index (χ0) is 20.9. The summed E-state index contributed by atoms with van der Waals surface area (Å²) >= 11 is 1.66. The predicted octanol–water partition coefficient (Wildman–Crippen LogP) is 5.78. The second kappa shape index (κ2) is 9.62. The third-order valence-electron chi connectivity index (χ3n) is 5.49. The maximum atomic E-state index is 14.7. The molecule has 1 fully saturated rings. The molecule has 7 heteroatoms. The van der Waals surface area contributed by atoms with Crippen LogP contribution in [0.4, 0.5) is 8.78 Å². The first-order valence-electron chi connectivity index (χ1n) is 9.99. The number of oxazole rings is 1. The molecule has 0 amide bonds. The molecule has 0 radical (unpaired) electrons. The molecular weight excluding hydrogens is 406 g/mol. The van der Waals surface area contributed by atoms with Crippen LogP contribution < -0.4 is 9.46 Å². The number of hydrogen-bond donors (Lipinski definition) is 1. The summed E-state index contributed by atoms with van der Waals surface area (Å²) in [7, 11) is 0. The van der Waals surface area contributed by atoms with Crippen molar-refractivity contribution < 1.29 is 17.9 Å². The quantitative estimate of drug-likeness (QED) is 0.459. The minimum atomic E-state index is -0.539. The van der Waals surface area contributed by atoms with Crippen LogP contribution in [0.25, 0.3) is 11.1 Å². The Morgan fingerprint density at radius 1 is 1.17 bits per heavy atom. The summed E-state index contributed by atoms with van der Waals surface area (Å²) in [5, 5.41) is 0. The molecule has 0 bridgehead atoms. The summed E-state index contributed by atoms with van der Waals surface area (Å²) in [5.74, 6) is -0.364. The molecule has 4 nitrogen and oxygen atoms in total. The number of hydrogen-bond acceptors (Lipinski definition) is 5. The van der Waals surface area contributed by atoms with E-state index in [2.05, 4.69) is 9.71 Å². The molecular formula is C23H24F2N2O2S. The Bertz CT molecular complexity index is 981. The predicted molar refractivity (Wildman–Crippen MR) is 114 cm³/mol. The van der Waals surface area contributed by atoms with E-state index in [9.17, 15) is 8.78 Å². The van der Waals surface area contributed by atoms with Gasteiger partial charge in [-0.15, -0.1) is 0 Å². The van der Waals surface area contributed by atoms with Crippen LogP contribution >= 0.6 is 11.9 Å². The van der Waals surface area contributed by atoms with Gasteiger partial charge in [0, 0.05) is 17.2 Å². The third kappa shape index (κ3) is 4.84. The van der Waals surface area contributed by atoms with Crippen LogP contribution in [0.1, 0.15) is 30.5 Å². The number of nitrogens with one attached hydrogen (secondary N) is 1. The van der Waals surface area contributed by atoms with E-state index in [1.807, 2.05) is 18.4 Å². The van der Waals surface area contributed by atoms with Crippen LogP contribution in [-0.2, 0) is 13.0 Å². The lowest BCUT2D eigenvalue weighted by Crippen LogP contribution is -2.19. The molecule has 0 saturated heterocycles. The van der Waals surface area contributed by atoms with Crippen molar-refractivity contribution in [1.29, 1.82) is 0 Å². The van der Waals surface area contributed by atoms with Gasteiger partial charge in [-0.2, -0.15) is 0 Å². The second-order valence-corrected chi connectivity index (χ2v) is 8.25. The summed E-state index contributed by atoms with van der Waals surface area (Å²) in [6.45, 7) is 0.0393. The summed E-state index contributed by atoms with van der Waals surface area (Å²) in [5.41, 5.74) is 2.33. The molecule has 2 unspecified atom stereocenters. The van der Waals surface area contributed by atoms with Gasteiger partial charge in [0.25, 0.3) is 0 Å². The van der Waals surface area contributed by atoms with Gasteiger partial charge in [0.05, 0.1) is 0 Å². The van der Waals surface area contributed by atoms with Gasteiger partial charge in [-0.25, -0.2) is 13.8 Å². The number of benzene rings is 2. The fraction of sp³-hybridized carbons (Fsp3) is 0.348. The van der Waals surface area contributed by atoms with E-state index >= 15 is 0 Å². The Labute approximate surface area is 179 Å². The van der Waals surface area contributed by atoms with Crippen molar-refractivity contribution in [2.45, 2.75) is 38.3 Å². The van der Waals surface area contributed by atoms with Gasteiger partial charge in [0.2, 0.25) is 0 Å². The molecule has 1 saturated carbocycles. The monoisotopic (exact) mass is 430 g/mol. The van der Waals surface area contributed by atoms with E-state index in [4.69, 9.17) is 9.15 Å². The van der Waals surface area contributed by atoms with E-state index in [0.717, 1.165) is 31.2 Å². The van der Waals surface area contributed by atoms with Crippen molar-refractivity contribution in [3.05, 3.63) is 71.9 Å². The molecule has 1 aromatic heterocycles. The van der Waals surface area contributed by atoms with E-state index in [1.165, 1.54) is 24.8 Å². The molecule has 30 heavy (non-hydrogen) atoms. The summed E-state index contributed by atoms with van der Waals surface area (Å²) in [6.07, 6.45) is 9.06. The summed E-state index contributed by atoms with van der Waals surface area (Å²) < 4.78 is 43.3. The molecule has 1 N–H and O–H groups in total. The van der Waals surface area contributed by atoms with Crippen LogP contribution in [0, 0.1) is 17.6 Å². The third-order valence-corrected chi connectivity index (χ3v) is 6.05. The maximum absolute atomic E-state index is 14.7. The minimum Gasteiger partial charge on any atom is -0.483 e. The molecule has 2 atom stereocenters. The zero-order valence-corrected chi connectivity index (χ0v) is 17.6. The van der Waals surface area contributed by atoms with Gasteiger partial charge in [-0.3, -0.25) is 4.72 Å². The average Bonchev–Trinajstić information content (AvgIpc) is 3.41. The zero-order valence-electron chi connectivity index (χ0n) is 16.7. The first-order chi connectivity index (χ1) is 14.6. The lowest BCUT2D eigenvalue weighted by atomic mass is 9.94. The first-order valence-corrected chi connectivity index (χ1v) is 11.2. The van der Waals surface area contributed by atoms with Gasteiger partial charge in [-0.05, 0) is 61.6 Å². The molecule has 0 aliphatic heterocycles. The Morgan fingerprint density at radius 2 is 2.07 bits per heavy atom. The van der Waals surface area contributed by atoms with Crippen molar-refractivity contribution in [2.24, 2.45) is 5.92 Å². The number of nitrogens with zero attached hydrogens (tertiary/aromatic N) is 1. The Hall–Kier alpha value is -2.38. The van der Waals surface area contributed by atoms with E-state index in [1.54, 1.807) is 24.1 Å². The number of ether oxygens (including phenoxy) is 1. The Morgan fingerprint density at radius 3 is 2.87 bits per heavy atom. The van der Waals surface area contributed by atoms with E-state index in [0.29, 0.717) is 28.8 Å². The SMILES string of the molecule is CSNC1CCC(Cc2ccc(F)c(-c3cccc(F)c3OCc3cocn3)c2)C1. The van der Waals surface area contributed by atoms with Crippen molar-refractivity contribution >= 4 is 11.9 Å². The van der Waals surface area contributed by atoms with Crippen LogP contribution in [-0.4, -0.2) is 17.3 Å². The summed E-state index contributed by atoms with van der Waals surface area (Å²) in [6, 6.07) is 10.2. The van der Waals surface area contributed by atoms with Gasteiger partial charge in [-0.1, -0.05) is 30.1 Å². The lowest BCUT2D eigenvalue weighted by Gasteiger charge is -2.15. The standard InChI is InChI=1S/C23H24F2N2O2S/c1-30-27-17-7-5-15(10-17)9-16-6-8-21(24)20(11-16)19-3-2-4-22(25)23(19)29-13-18-12-28-14-26-18/h2-4,6,8,11-12,14-15,17,27H,5,7,9-10,13H2,1H3. The molecule has 0 spiro atoms. The molecule has 158 valence electrons. The molecule has 1 aliphatic rings. The van der Waals surface area contributed by atoms with E-state index < -0.39 is 11.6 Å². The van der Waals surface area contributed by atoms with Gasteiger partial charge >= 0.3 is 0 Å². The van der Waals surface area contributed by atoms with Crippen LogP contribution in [0.2, 0.25) is 0 Å². The lowest BCUT2D eigenvalue weighted by molar-refractivity contribution is 0.287. The molecule has 4 rings (SSSR count). The van der Waals surface area contributed by atoms with Crippen molar-refractivity contribution in [3.8, 4) is 16.9 Å². The topological polar surface area (TPSA) is 47.3 Å².